The number of nitrogens with one attached hydrogen (secondary N) is 1. The lowest BCUT2D eigenvalue weighted by Gasteiger charge is -2.06. The number of rotatable bonds is 4. The summed E-state index contributed by atoms with van der Waals surface area (Å²) in [5.74, 6) is -0.611. The highest BCUT2D eigenvalue weighted by Crippen LogP contribution is 2.25. The summed E-state index contributed by atoms with van der Waals surface area (Å²) >= 11 is 0. The lowest BCUT2D eigenvalue weighted by atomic mass is 10.1. The molecule has 7 nitrogen and oxygen atoms in total. The Kier molecular flexibility index (Phi) is 3.05. The van der Waals surface area contributed by atoms with Gasteiger partial charge in [0.1, 0.15) is 12.4 Å². The van der Waals surface area contributed by atoms with Crippen LogP contribution in [0.5, 0.6) is 0 Å². The van der Waals surface area contributed by atoms with Gasteiger partial charge in [0.05, 0.1) is 4.92 Å². The fraction of sp³-hybridized carbons (Fsp3) is 0.0909. The number of nitro groups is 1. The van der Waals surface area contributed by atoms with Crippen LogP contribution >= 0.6 is 0 Å². The van der Waals surface area contributed by atoms with E-state index in [-0.39, 0.29) is 12.2 Å². The second-order valence-electron chi connectivity index (χ2n) is 3.57. The van der Waals surface area contributed by atoms with E-state index >= 15 is 0 Å². The number of hydrogen-bond acceptors (Lipinski definition) is 5. The number of non-ortho nitro benzene ring substituents is 1. The van der Waals surface area contributed by atoms with Crippen molar-refractivity contribution in [2.75, 3.05) is 11.9 Å². The normalized spacial score (nSPS) is 10.2. The van der Waals surface area contributed by atoms with Crippen molar-refractivity contribution in [2.45, 2.75) is 0 Å². The van der Waals surface area contributed by atoms with Gasteiger partial charge in [-0.25, -0.2) is 4.98 Å². The molecule has 2 aromatic rings. The van der Waals surface area contributed by atoms with Crippen molar-refractivity contribution in [2.24, 2.45) is 0 Å². The van der Waals surface area contributed by atoms with Crippen molar-refractivity contribution in [3.63, 3.8) is 0 Å². The molecule has 0 aliphatic rings. The average molecular weight is 247 g/mol. The van der Waals surface area contributed by atoms with Crippen LogP contribution in [0.1, 0.15) is 0 Å². The van der Waals surface area contributed by atoms with Crippen LogP contribution in [0, 0.1) is 10.1 Å². The summed E-state index contributed by atoms with van der Waals surface area (Å²) in [7, 11) is 0. The number of carboxylic acids is 1. The zero-order valence-electron chi connectivity index (χ0n) is 9.16. The monoisotopic (exact) mass is 247 g/mol. The molecule has 2 N–H and O–H groups in total. The zero-order chi connectivity index (χ0) is 13.1. The first-order chi connectivity index (χ1) is 8.58. The van der Waals surface area contributed by atoms with Gasteiger partial charge in [0.25, 0.3) is 5.69 Å². The SMILES string of the molecule is O=C(O)CNc1nccc2cc([N+](=O)[O-])ccc12. The third kappa shape index (κ3) is 2.34. The molecular weight excluding hydrogens is 238 g/mol. The Labute approximate surface area is 101 Å². The molecule has 0 saturated heterocycles. The Bertz CT molecular complexity index is 627. The van der Waals surface area contributed by atoms with Crippen molar-refractivity contribution >= 4 is 28.2 Å². The summed E-state index contributed by atoms with van der Waals surface area (Å²) in [4.78, 5) is 24.6. The predicted octanol–water partition coefficient (Wildman–Crippen LogP) is 1.64. The molecule has 0 atom stereocenters. The number of anilines is 1. The number of nitro benzene ring substituents is 1. The van der Waals surface area contributed by atoms with Crippen LogP contribution in [-0.2, 0) is 4.79 Å². The van der Waals surface area contributed by atoms with Crippen LogP contribution in [0.3, 0.4) is 0 Å². The molecule has 1 aromatic carbocycles. The van der Waals surface area contributed by atoms with Gasteiger partial charge in [0.2, 0.25) is 0 Å². The lowest BCUT2D eigenvalue weighted by Crippen LogP contribution is -2.13. The molecule has 0 radical (unpaired) electrons. The number of aromatic nitrogens is 1. The van der Waals surface area contributed by atoms with Gasteiger partial charge in [-0.1, -0.05) is 0 Å². The average Bonchev–Trinajstić information content (AvgIpc) is 2.35. The third-order valence-corrected chi connectivity index (χ3v) is 2.37. The van der Waals surface area contributed by atoms with E-state index in [0.717, 1.165) is 0 Å². The minimum atomic E-state index is -1.00. The zero-order valence-corrected chi connectivity index (χ0v) is 9.16. The summed E-state index contributed by atoms with van der Waals surface area (Å²) in [6, 6.07) is 5.96. The number of hydrogen-bond donors (Lipinski definition) is 2. The highest BCUT2D eigenvalue weighted by molar-refractivity contribution is 5.93. The highest BCUT2D eigenvalue weighted by atomic mass is 16.6. The van der Waals surface area contributed by atoms with E-state index in [1.54, 1.807) is 12.1 Å². The van der Waals surface area contributed by atoms with Crippen LogP contribution < -0.4 is 5.32 Å². The second-order valence-corrected chi connectivity index (χ2v) is 3.57. The van der Waals surface area contributed by atoms with Crippen LogP contribution in [-0.4, -0.2) is 27.5 Å². The predicted molar refractivity (Wildman–Crippen MR) is 64.5 cm³/mol. The quantitative estimate of drug-likeness (QED) is 0.628. The fourth-order valence-electron chi connectivity index (χ4n) is 1.58. The number of fused-ring (bicyclic) bond motifs is 1. The third-order valence-electron chi connectivity index (χ3n) is 2.37. The molecule has 7 heteroatoms. The van der Waals surface area contributed by atoms with E-state index in [9.17, 15) is 14.9 Å². The Morgan fingerprint density at radius 2 is 2.22 bits per heavy atom. The molecule has 0 saturated carbocycles. The largest absolute Gasteiger partial charge is 0.480 e. The summed E-state index contributed by atoms with van der Waals surface area (Å²) in [6.07, 6.45) is 1.47. The first kappa shape index (κ1) is 11.8. The molecule has 0 unspecified atom stereocenters. The van der Waals surface area contributed by atoms with Crippen molar-refractivity contribution in [1.82, 2.24) is 4.98 Å². The number of nitrogens with zero attached hydrogens (tertiary/aromatic N) is 2. The summed E-state index contributed by atoms with van der Waals surface area (Å²) in [5.41, 5.74) is -0.0158. The van der Waals surface area contributed by atoms with Gasteiger partial charge in [-0.2, -0.15) is 0 Å². The minimum absolute atomic E-state index is 0.0158. The van der Waals surface area contributed by atoms with Gasteiger partial charge in [-0.15, -0.1) is 0 Å². The van der Waals surface area contributed by atoms with Gasteiger partial charge in [-0.3, -0.25) is 14.9 Å². The molecule has 92 valence electrons. The first-order valence-electron chi connectivity index (χ1n) is 5.07. The maximum Gasteiger partial charge on any atom is 0.322 e. The molecule has 0 aliphatic heterocycles. The Morgan fingerprint density at radius 1 is 1.44 bits per heavy atom. The van der Waals surface area contributed by atoms with Crippen LogP contribution in [0.4, 0.5) is 11.5 Å². The molecule has 1 aromatic heterocycles. The topological polar surface area (TPSA) is 105 Å². The number of pyridine rings is 1. The van der Waals surface area contributed by atoms with E-state index in [2.05, 4.69) is 10.3 Å². The number of aliphatic carboxylic acids is 1. The maximum absolute atomic E-state index is 10.6. The second kappa shape index (κ2) is 4.66. The Hall–Kier alpha value is -2.70. The maximum atomic E-state index is 10.6. The van der Waals surface area contributed by atoms with Crippen molar-refractivity contribution < 1.29 is 14.8 Å². The standard InChI is InChI=1S/C11H9N3O4/c15-10(16)6-13-11-9-2-1-8(14(17)18)5-7(9)3-4-12-11/h1-5H,6H2,(H,12,13)(H,15,16). The van der Waals surface area contributed by atoms with Gasteiger partial charge >= 0.3 is 5.97 Å². The van der Waals surface area contributed by atoms with Crippen LogP contribution in [0.25, 0.3) is 10.8 Å². The van der Waals surface area contributed by atoms with E-state index < -0.39 is 10.9 Å². The molecule has 0 bridgehead atoms. The molecule has 0 amide bonds. The van der Waals surface area contributed by atoms with Gasteiger partial charge in [-0.05, 0) is 17.5 Å². The highest BCUT2D eigenvalue weighted by Gasteiger charge is 2.09. The molecule has 0 aliphatic carbocycles. The number of benzene rings is 1. The van der Waals surface area contributed by atoms with Crippen LogP contribution in [0.15, 0.2) is 30.5 Å². The first-order valence-corrected chi connectivity index (χ1v) is 5.07. The Balaban J connectivity index is 2.43. The van der Waals surface area contributed by atoms with E-state index in [1.807, 2.05) is 0 Å². The molecule has 2 rings (SSSR count). The molecule has 1 heterocycles. The molecule has 0 fully saturated rings. The number of carbonyl (C=O) groups is 1. The van der Waals surface area contributed by atoms with Crippen molar-refractivity contribution in [1.29, 1.82) is 0 Å². The summed E-state index contributed by atoms with van der Waals surface area (Å²) in [6.45, 7) is -0.261. The molecule has 18 heavy (non-hydrogen) atoms. The molecular formula is C11H9N3O4. The van der Waals surface area contributed by atoms with Crippen LogP contribution in [0.2, 0.25) is 0 Å². The van der Waals surface area contributed by atoms with E-state index in [0.29, 0.717) is 16.6 Å². The van der Waals surface area contributed by atoms with Gasteiger partial charge in [0, 0.05) is 23.7 Å². The lowest BCUT2D eigenvalue weighted by molar-refractivity contribution is -0.384. The summed E-state index contributed by atoms with van der Waals surface area (Å²) < 4.78 is 0. The van der Waals surface area contributed by atoms with Gasteiger partial charge in [0.15, 0.2) is 0 Å². The van der Waals surface area contributed by atoms with Gasteiger partial charge < -0.3 is 10.4 Å². The fourth-order valence-corrected chi connectivity index (χ4v) is 1.58. The van der Waals surface area contributed by atoms with E-state index in [1.165, 1.54) is 18.3 Å². The van der Waals surface area contributed by atoms with Crippen molar-refractivity contribution in [3.05, 3.63) is 40.6 Å². The number of carboxylic acid groups (broad SMARTS) is 1. The summed E-state index contributed by atoms with van der Waals surface area (Å²) in [5, 5.41) is 23.2. The van der Waals surface area contributed by atoms with E-state index in [4.69, 9.17) is 5.11 Å². The minimum Gasteiger partial charge on any atom is -0.480 e. The Morgan fingerprint density at radius 3 is 2.89 bits per heavy atom. The smallest absolute Gasteiger partial charge is 0.322 e. The van der Waals surface area contributed by atoms with Crippen molar-refractivity contribution in [3.8, 4) is 0 Å². The molecule has 0 spiro atoms.